The van der Waals surface area contributed by atoms with Crippen LogP contribution in [-0.2, 0) is 5.41 Å². The monoisotopic (exact) mass is 283 g/mol. The second-order valence-electron chi connectivity index (χ2n) is 6.47. The second kappa shape index (κ2) is 6.21. The van der Waals surface area contributed by atoms with Gasteiger partial charge < -0.3 is 10.1 Å². The lowest BCUT2D eigenvalue weighted by Crippen LogP contribution is -2.11. The number of ether oxygens (including phenoxy) is 1. The molecule has 0 aliphatic rings. The number of rotatable bonds is 4. The van der Waals surface area contributed by atoms with Gasteiger partial charge in [-0.1, -0.05) is 45.0 Å². The van der Waals surface area contributed by atoms with E-state index in [1.165, 1.54) is 11.1 Å². The van der Waals surface area contributed by atoms with E-state index in [0.29, 0.717) is 0 Å². The van der Waals surface area contributed by atoms with Gasteiger partial charge in [0.2, 0.25) is 0 Å². The third-order valence-corrected chi connectivity index (χ3v) is 3.75. The number of methoxy groups -OCH3 is 1. The van der Waals surface area contributed by atoms with Crippen LogP contribution in [-0.4, -0.2) is 7.11 Å². The summed E-state index contributed by atoms with van der Waals surface area (Å²) in [6.07, 6.45) is 0. The standard InChI is InChI=1S/C19H25NO/c1-14(15-6-12-18(21-5)13-7-15)20-17-10-8-16(9-11-17)19(2,3)4/h6-14,20H,1-5H3. The molecule has 21 heavy (non-hydrogen) atoms. The summed E-state index contributed by atoms with van der Waals surface area (Å²) in [5.74, 6) is 0.889. The van der Waals surface area contributed by atoms with Crippen LogP contribution < -0.4 is 10.1 Å². The lowest BCUT2D eigenvalue weighted by Gasteiger charge is -2.20. The van der Waals surface area contributed by atoms with Gasteiger partial charge in [0.15, 0.2) is 0 Å². The van der Waals surface area contributed by atoms with Crippen molar-refractivity contribution < 1.29 is 4.74 Å². The molecule has 2 nitrogen and oxygen atoms in total. The van der Waals surface area contributed by atoms with Gasteiger partial charge in [-0.3, -0.25) is 0 Å². The largest absolute Gasteiger partial charge is 0.497 e. The fourth-order valence-corrected chi connectivity index (χ4v) is 2.29. The maximum atomic E-state index is 5.19. The molecule has 0 aliphatic carbocycles. The molecule has 0 aliphatic heterocycles. The Bertz CT molecular complexity index is 564. The van der Waals surface area contributed by atoms with Crippen molar-refractivity contribution in [1.82, 2.24) is 0 Å². The van der Waals surface area contributed by atoms with Crippen molar-refractivity contribution in [2.75, 3.05) is 12.4 Å². The summed E-state index contributed by atoms with van der Waals surface area (Å²) in [6.45, 7) is 8.86. The highest BCUT2D eigenvalue weighted by Crippen LogP contribution is 2.26. The van der Waals surface area contributed by atoms with Crippen molar-refractivity contribution in [3.63, 3.8) is 0 Å². The van der Waals surface area contributed by atoms with Gasteiger partial charge in [0, 0.05) is 11.7 Å². The quantitative estimate of drug-likeness (QED) is 0.836. The number of benzene rings is 2. The summed E-state index contributed by atoms with van der Waals surface area (Å²) >= 11 is 0. The van der Waals surface area contributed by atoms with Crippen molar-refractivity contribution in [3.8, 4) is 5.75 Å². The highest BCUT2D eigenvalue weighted by molar-refractivity contribution is 5.48. The van der Waals surface area contributed by atoms with E-state index in [9.17, 15) is 0 Å². The Labute approximate surface area is 128 Å². The Morgan fingerprint density at radius 3 is 1.95 bits per heavy atom. The molecule has 0 fully saturated rings. The Kier molecular flexibility index (Phi) is 4.56. The normalized spacial score (nSPS) is 12.8. The third kappa shape index (κ3) is 4.01. The molecule has 1 unspecified atom stereocenters. The molecular formula is C19H25NO. The molecule has 0 saturated carbocycles. The van der Waals surface area contributed by atoms with Crippen LogP contribution in [0.3, 0.4) is 0 Å². The second-order valence-corrected chi connectivity index (χ2v) is 6.47. The SMILES string of the molecule is COc1ccc(C(C)Nc2ccc(C(C)(C)C)cc2)cc1. The molecule has 112 valence electrons. The van der Waals surface area contributed by atoms with Crippen LogP contribution in [0.2, 0.25) is 0 Å². The van der Waals surface area contributed by atoms with E-state index in [2.05, 4.69) is 69.4 Å². The molecule has 2 aromatic carbocycles. The van der Waals surface area contributed by atoms with E-state index in [0.717, 1.165) is 11.4 Å². The Hall–Kier alpha value is -1.96. The molecule has 2 heteroatoms. The predicted octanol–water partition coefficient (Wildman–Crippen LogP) is 5.17. The maximum absolute atomic E-state index is 5.19. The molecule has 0 aromatic heterocycles. The first-order valence-electron chi connectivity index (χ1n) is 7.41. The lowest BCUT2D eigenvalue weighted by atomic mass is 9.87. The Morgan fingerprint density at radius 2 is 1.48 bits per heavy atom. The van der Waals surface area contributed by atoms with Gasteiger partial charge >= 0.3 is 0 Å². The first kappa shape index (κ1) is 15.4. The van der Waals surface area contributed by atoms with E-state index in [-0.39, 0.29) is 11.5 Å². The molecule has 0 heterocycles. The summed E-state index contributed by atoms with van der Waals surface area (Å²) < 4.78 is 5.19. The van der Waals surface area contributed by atoms with Gasteiger partial charge in [0.05, 0.1) is 7.11 Å². The molecule has 0 spiro atoms. The van der Waals surface area contributed by atoms with E-state index in [4.69, 9.17) is 4.74 Å². The minimum absolute atomic E-state index is 0.195. The Balaban J connectivity index is 2.06. The summed E-state index contributed by atoms with van der Waals surface area (Å²) in [4.78, 5) is 0. The molecule has 1 atom stereocenters. The average Bonchev–Trinajstić information content (AvgIpc) is 2.47. The minimum Gasteiger partial charge on any atom is -0.497 e. The van der Waals surface area contributed by atoms with Crippen LogP contribution in [0.1, 0.15) is 44.9 Å². The summed E-state index contributed by atoms with van der Waals surface area (Å²) in [5.41, 5.74) is 3.94. The summed E-state index contributed by atoms with van der Waals surface area (Å²) in [7, 11) is 1.69. The Morgan fingerprint density at radius 1 is 0.905 bits per heavy atom. The zero-order valence-electron chi connectivity index (χ0n) is 13.6. The lowest BCUT2D eigenvalue weighted by molar-refractivity contribution is 0.414. The van der Waals surface area contributed by atoms with Crippen molar-refractivity contribution >= 4 is 5.69 Å². The minimum atomic E-state index is 0.195. The fraction of sp³-hybridized carbons (Fsp3) is 0.368. The first-order chi connectivity index (χ1) is 9.90. The highest BCUT2D eigenvalue weighted by Gasteiger charge is 2.13. The molecule has 1 N–H and O–H groups in total. The topological polar surface area (TPSA) is 21.3 Å². The van der Waals surface area contributed by atoms with Crippen molar-refractivity contribution in [1.29, 1.82) is 0 Å². The number of hydrogen-bond donors (Lipinski definition) is 1. The zero-order chi connectivity index (χ0) is 15.5. The van der Waals surface area contributed by atoms with Crippen LogP contribution in [0.25, 0.3) is 0 Å². The van der Waals surface area contributed by atoms with Crippen LogP contribution in [0, 0.1) is 0 Å². The molecule has 0 amide bonds. The molecule has 0 radical (unpaired) electrons. The number of nitrogens with one attached hydrogen (secondary N) is 1. The summed E-state index contributed by atoms with van der Waals surface area (Å²) in [6, 6.07) is 17.1. The van der Waals surface area contributed by atoms with E-state index in [1.807, 2.05) is 12.1 Å². The van der Waals surface area contributed by atoms with Crippen LogP contribution >= 0.6 is 0 Å². The molecular weight excluding hydrogens is 258 g/mol. The average molecular weight is 283 g/mol. The van der Waals surface area contributed by atoms with Gasteiger partial charge in [-0.2, -0.15) is 0 Å². The maximum Gasteiger partial charge on any atom is 0.118 e. The van der Waals surface area contributed by atoms with Gasteiger partial charge in [0.1, 0.15) is 5.75 Å². The van der Waals surface area contributed by atoms with E-state index < -0.39 is 0 Å². The van der Waals surface area contributed by atoms with Crippen LogP contribution in [0.4, 0.5) is 5.69 Å². The van der Waals surface area contributed by atoms with Gasteiger partial charge in [-0.05, 0) is 47.7 Å². The van der Waals surface area contributed by atoms with E-state index in [1.54, 1.807) is 7.11 Å². The molecule has 0 saturated heterocycles. The predicted molar refractivity (Wildman–Crippen MR) is 90.2 cm³/mol. The van der Waals surface area contributed by atoms with Gasteiger partial charge in [-0.25, -0.2) is 0 Å². The highest BCUT2D eigenvalue weighted by atomic mass is 16.5. The third-order valence-electron chi connectivity index (χ3n) is 3.75. The zero-order valence-corrected chi connectivity index (χ0v) is 13.6. The summed E-state index contributed by atoms with van der Waals surface area (Å²) in [5, 5.41) is 3.53. The fourth-order valence-electron chi connectivity index (χ4n) is 2.29. The molecule has 2 aromatic rings. The van der Waals surface area contributed by atoms with Crippen LogP contribution in [0.5, 0.6) is 5.75 Å². The van der Waals surface area contributed by atoms with Crippen molar-refractivity contribution in [2.24, 2.45) is 0 Å². The van der Waals surface area contributed by atoms with Gasteiger partial charge in [-0.15, -0.1) is 0 Å². The number of hydrogen-bond acceptors (Lipinski definition) is 2. The molecule has 0 bridgehead atoms. The van der Waals surface area contributed by atoms with E-state index >= 15 is 0 Å². The van der Waals surface area contributed by atoms with Crippen LogP contribution in [0.15, 0.2) is 48.5 Å². The smallest absolute Gasteiger partial charge is 0.118 e. The first-order valence-corrected chi connectivity index (χ1v) is 7.41. The number of anilines is 1. The molecule has 2 rings (SSSR count). The van der Waals surface area contributed by atoms with Crippen molar-refractivity contribution in [3.05, 3.63) is 59.7 Å². The van der Waals surface area contributed by atoms with Gasteiger partial charge in [0.25, 0.3) is 0 Å². The van der Waals surface area contributed by atoms with Crippen molar-refractivity contribution in [2.45, 2.75) is 39.2 Å².